The van der Waals surface area contributed by atoms with Gasteiger partial charge in [0.15, 0.2) is 0 Å². The molecule has 0 rings (SSSR count). The Morgan fingerprint density at radius 3 is 2.20 bits per heavy atom. The Morgan fingerprint density at radius 1 is 1.13 bits per heavy atom. The number of thiol groups is 1. The highest BCUT2D eigenvalue weighted by atomic mass is 32.1. The summed E-state index contributed by atoms with van der Waals surface area (Å²) in [6.45, 7) is -0.315. The number of hydrogen-bond donors (Lipinski definition) is 6. The van der Waals surface area contributed by atoms with Crippen molar-refractivity contribution in [3.8, 4) is 0 Å². The molecule has 0 unspecified atom stereocenters. The van der Waals surface area contributed by atoms with Crippen LogP contribution in [0.5, 0.6) is 0 Å². The maximum atomic E-state index is 9.31. The molecular weight excluding hydrogens is 222 g/mol. The molecule has 0 bridgehead atoms. The monoisotopic (exact) mass is 239 g/mol. The summed E-state index contributed by atoms with van der Waals surface area (Å²) in [5.41, 5.74) is 0. The van der Waals surface area contributed by atoms with Gasteiger partial charge in [0, 0.05) is 18.5 Å². The van der Waals surface area contributed by atoms with Gasteiger partial charge in [-0.1, -0.05) is 0 Å². The van der Waals surface area contributed by atoms with Crippen LogP contribution < -0.4 is 0 Å². The number of aliphatic hydroxyl groups excluding tert-OH is 5. The molecule has 90 valence electrons. The maximum absolute atomic E-state index is 9.31. The molecule has 0 amide bonds. The third kappa shape index (κ3) is 5.45. The minimum Gasteiger partial charge on any atom is -0.394 e. The van der Waals surface area contributed by atoms with Crippen molar-refractivity contribution in [2.45, 2.75) is 24.4 Å². The van der Waals surface area contributed by atoms with Crippen LogP contribution >= 0.6 is 12.6 Å². The van der Waals surface area contributed by atoms with Gasteiger partial charge in [-0.25, -0.2) is 0 Å². The molecule has 0 aromatic heterocycles. The van der Waals surface area contributed by atoms with Gasteiger partial charge in [-0.05, 0) is 0 Å². The van der Waals surface area contributed by atoms with E-state index in [9.17, 15) is 15.3 Å². The molecule has 0 radical (unpaired) electrons. The third-order valence-corrected chi connectivity index (χ3v) is 1.97. The first-order valence-electron chi connectivity index (χ1n) is 4.48. The zero-order valence-electron chi connectivity index (χ0n) is 8.14. The van der Waals surface area contributed by atoms with E-state index in [1.54, 1.807) is 0 Å². The summed E-state index contributed by atoms with van der Waals surface area (Å²) in [6.07, 6.45) is -5.02. The van der Waals surface area contributed by atoms with Crippen LogP contribution in [0.3, 0.4) is 0 Å². The Morgan fingerprint density at radius 2 is 1.73 bits per heavy atom. The van der Waals surface area contributed by atoms with Gasteiger partial charge in [0.1, 0.15) is 24.4 Å². The largest absolute Gasteiger partial charge is 0.394 e. The number of rotatable bonds is 7. The molecule has 0 aromatic carbocycles. The molecule has 0 aliphatic heterocycles. The molecule has 0 aliphatic rings. The average Bonchev–Trinajstić information content (AvgIpc) is 2.26. The van der Waals surface area contributed by atoms with Crippen LogP contribution in [0, 0.1) is 0 Å². The molecule has 5 N–H and O–H groups in total. The fraction of sp³-hybridized carbons (Fsp3) is 0.875. The van der Waals surface area contributed by atoms with E-state index in [1.807, 2.05) is 0 Å². The predicted octanol–water partition coefficient (Wildman–Crippen LogP) is -2.58. The van der Waals surface area contributed by atoms with Crippen LogP contribution in [-0.2, 0) is 0 Å². The van der Waals surface area contributed by atoms with Gasteiger partial charge in [0.2, 0.25) is 0 Å². The normalized spacial score (nSPS) is 20.1. The highest BCUT2D eigenvalue weighted by Gasteiger charge is 2.28. The number of hydrogen-bond acceptors (Lipinski definition) is 7. The highest BCUT2D eigenvalue weighted by molar-refractivity contribution is 7.80. The Balaban J connectivity index is 4.12. The Labute approximate surface area is 93.3 Å². The molecular formula is C8H17NO5S. The summed E-state index contributed by atoms with van der Waals surface area (Å²) in [7, 11) is 0. The van der Waals surface area contributed by atoms with Crippen LogP contribution in [0.4, 0.5) is 0 Å². The molecule has 0 spiro atoms. The summed E-state index contributed by atoms with van der Waals surface area (Å²) in [5.74, 6) is 0.501. The van der Waals surface area contributed by atoms with Crippen LogP contribution in [0.1, 0.15) is 0 Å². The van der Waals surface area contributed by atoms with Gasteiger partial charge < -0.3 is 25.5 Å². The smallest absolute Gasteiger partial charge is 0.117 e. The first-order chi connectivity index (χ1) is 7.04. The molecule has 0 aliphatic carbocycles. The van der Waals surface area contributed by atoms with E-state index < -0.39 is 31.0 Å². The van der Waals surface area contributed by atoms with Crippen molar-refractivity contribution in [2.75, 3.05) is 18.9 Å². The molecule has 6 nitrogen and oxygen atoms in total. The Bertz CT molecular complexity index is 192. The zero-order valence-corrected chi connectivity index (χ0v) is 9.03. The molecule has 0 saturated heterocycles. The van der Waals surface area contributed by atoms with Crippen molar-refractivity contribution >= 4 is 18.8 Å². The molecule has 0 heterocycles. The first-order valence-corrected chi connectivity index (χ1v) is 5.11. The van der Waals surface area contributed by atoms with Gasteiger partial charge in [-0.3, -0.25) is 4.99 Å². The molecule has 7 heteroatoms. The van der Waals surface area contributed by atoms with Gasteiger partial charge in [-0.2, -0.15) is 12.6 Å². The summed E-state index contributed by atoms with van der Waals surface area (Å²) < 4.78 is 0. The minimum atomic E-state index is -1.62. The van der Waals surface area contributed by atoms with Crippen molar-refractivity contribution in [2.24, 2.45) is 4.99 Å². The molecule has 0 fully saturated rings. The fourth-order valence-corrected chi connectivity index (χ4v) is 0.982. The van der Waals surface area contributed by atoms with Gasteiger partial charge >= 0.3 is 0 Å². The van der Waals surface area contributed by atoms with Crippen LogP contribution in [0.25, 0.3) is 0 Å². The summed E-state index contributed by atoms with van der Waals surface area (Å²) in [5, 5.41) is 45.3. The standard InChI is InChI=1S/C8H17NO5S/c10-4-6(12)8(14)7(13)5(11)3-9-1-2-15/h3,5-8,10-15H,1-2,4H2/t5-,6+,7+,8+/m0/s1. The van der Waals surface area contributed by atoms with Crippen molar-refractivity contribution in [3.05, 3.63) is 0 Å². The second-order valence-corrected chi connectivity index (χ2v) is 3.45. The van der Waals surface area contributed by atoms with Crippen molar-refractivity contribution in [1.29, 1.82) is 0 Å². The Kier molecular flexibility index (Phi) is 7.93. The second kappa shape index (κ2) is 8.03. The first kappa shape index (κ1) is 14.8. The SMILES string of the molecule is OC[C@@H](O)[C@@H](O)[C@H](O)[C@@H](O)C=NCCS. The van der Waals surface area contributed by atoms with E-state index in [0.717, 1.165) is 6.21 Å². The van der Waals surface area contributed by atoms with Crippen LogP contribution in [-0.4, -0.2) is 75.1 Å². The van der Waals surface area contributed by atoms with Gasteiger partial charge in [0.05, 0.1) is 6.61 Å². The molecule has 4 atom stereocenters. The maximum Gasteiger partial charge on any atom is 0.117 e. The lowest BCUT2D eigenvalue weighted by atomic mass is 10.0. The van der Waals surface area contributed by atoms with E-state index in [2.05, 4.69) is 17.6 Å². The van der Waals surface area contributed by atoms with Gasteiger partial charge in [-0.15, -0.1) is 0 Å². The summed E-state index contributed by atoms with van der Waals surface area (Å²) >= 11 is 3.88. The zero-order chi connectivity index (χ0) is 11.8. The van der Waals surface area contributed by atoms with E-state index in [-0.39, 0.29) is 0 Å². The third-order valence-electron chi connectivity index (χ3n) is 1.77. The Hall–Kier alpha value is -0.180. The number of aliphatic imine (C=N–C) groups is 1. The second-order valence-electron chi connectivity index (χ2n) is 3.00. The van der Waals surface area contributed by atoms with E-state index in [4.69, 9.17) is 10.2 Å². The van der Waals surface area contributed by atoms with Crippen LogP contribution in [0.2, 0.25) is 0 Å². The van der Waals surface area contributed by atoms with Crippen molar-refractivity contribution in [3.63, 3.8) is 0 Å². The van der Waals surface area contributed by atoms with E-state index in [0.29, 0.717) is 12.3 Å². The van der Waals surface area contributed by atoms with Crippen molar-refractivity contribution in [1.82, 2.24) is 0 Å². The fourth-order valence-electron chi connectivity index (χ4n) is 0.866. The van der Waals surface area contributed by atoms with Crippen LogP contribution in [0.15, 0.2) is 4.99 Å². The quantitative estimate of drug-likeness (QED) is 0.216. The van der Waals surface area contributed by atoms with E-state index >= 15 is 0 Å². The number of nitrogens with zero attached hydrogens (tertiary/aromatic N) is 1. The molecule has 0 saturated carbocycles. The highest BCUT2D eigenvalue weighted by Crippen LogP contribution is 2.03. The van der Waals surface area contributed by atoms with Crippen molar-refractivity contribution < 1.29 is 25.5 Å². The van der Waals surface area contributed by atoms with E-state index in [1.165, 1.54) is 0 Å². The topological polar surface area (TPSA) is 114 Å². The lowest BCUT2D eigenvalue weighted by Gasteiger charge is -2.23. The summed E-state index contributed by atoms with van der Waals surface area (Å²) in [4.78, 5) is 3.71. The molecule has 15 heavy (non-hydrogen) atoms. The average molecular weight is 239 g/mol. The predicted molar refractivity (Wildman–Crippen MR) is 58.3 cm³/mol. The summed E-state index contributed by atoms with van der Waals surface area (Å²) in [6, 6.07) is 0. The number of aliphatic hydroxyl groups is 5. The molecule has 0 aromatic rings. The van der Waals surface area contributed by atoms with Gasteiger partial charge in [0.25, 0.3) is 0 Å². The lowest BCUT2D eigenvalue weighted by molar-refractivity contribution is -0.0999. The lowest BCUT2D eigenvalue weighted by Crippen LogP contribution is -2.46. The minimum absolute atomic E-state index is 0.380.